The Morgan fingerprint density at radius 2 is 1.84 bits per heavy atom. The summed E-state index contributed by atoms with van der Waals surface area (Å²) in [5.41, 5.74) is 3.70. The van der Waals surface area contributed by atoms with Crippen molar-refractivity contribution >= 4 is 14.2 Å². The first-order chi connectivity index (χ1) is 17.4. The predicted octanol–water partition coefficient (Wildman–Crippen LogP) is 5.38. The highest BCUT2D eigenvalue weighted by Gasteiger charge is 2.39. The maximum atomic E-state index is 12.3. The third kappa shape index (κ3) is 8.40. The zero-order valence-corrected chi connectivity index (χ0v) is 24.4. The van der Waals surface area contributed by atoms with Crippen LogP contribution in [0.25, 0.3) is 0 Å². The summed E-state index contributed by atoms with van der Waals surface area (Å²) >= 11 is 0. The van der Waals surface area contributed by atoms with Crippen LogP contribution in [0.15, 0.2) is 42.5 Å². The summed E-state index contributed by atoms with van der Waals surface area (Å²) in [7, 11) is -2.07. The van der Waals surface area contributed by atoms with Crippen molar-refractivity contribution in [3.63, 3.8) is 0 Å². The van der Waals surface area contributed by atoms with Gasteiger partial charge >= 0.3 is 0 Å². The Hall–Kier alpha value is -2.19. The van der Waals surface area contributed by atoms with E-state index in [0.717, 1.165) is 30.4 Å². The number of aromatic hydroxyl groups is 1. The number of rotatable bonds is 12. The SMILES string of the molecule is C[C@H](Cc1cccc(CC(=O)NC2CCC2)c1)NC[C@@H](O[Si](C)(C)C(C)(C)C)c1ccc(O)c(CO)c1. The molecule has 0 aliphatic heterocycles. The summed E-state index contributed by atoms with van der Waals surface area (Å²) in [6, 6.07) is 14.2. The molecule has 37 heavy (non-hydrogen) atoms. The van der Waals surface area contributed by atoms with Gasteiger partial charge in [-0.25, -0.2) is 0 Å². The van der Waals surface area contributed by atoms with Crippen molar-refractivity contribution in [1.82, 2.24) is 10.6 Å². The summed E-state index contributed by atoms with van der Waals surface area (Å²) in [4.78, 5) is 12.3. The Bertz CT molecular complexity index is 1050. The van der Waals surface area contributed by atoms with Gasteiger partial charge in [-0.05, 0) is 79.6 Å². The van der Waals surface area contributed by atoms with Crippen molar-refractivity contribution in [2.45, 2.75) is 103 Å². The zero-order chi connectivity index (χ0) is 27.2. The molecule has 4 N–H and O–H groups in total. The first-order valence-corrected chi connectivity index (χ1v) is 16.5. The van der Waals surface area contributed by atoms with E-state index in [1.54, 1.807) is 6.07 Å². The minimum atomic E-state index is -2.07. The minimum absolute atomic E-state index is 0.0545. The lowest BCUT2D eigenvalue weighted by Gasteiger charge is -2.40. The van der Waals surface area contributed by atoms with E-state index >= 15 is 0 Å². The summed E-state index contributed by atoms with van der Waals surface area (Å²) in [6.07, 6.45) is 4.46. The highest BCUT2D eigenvalue weighted by Crippen LogP contribution is 2.40. The molecule has 1 saturated carbocycles. The van der Waals surface area contributed by atoms with E-state index < -0.39 is 8.32 Å². The van der Waals surface area contributed by atoms with Crippen LogP contribution >= 0.6 is 0 Å². The van der Waals surface area contributed by atoms with Crippen molar-refractivity contribution in [3.8, 4) is 5.75 Å². The molecule has 3 rings (SSSR count). The largest absolute Gasteiger partial charge is 0.508 e. The van der Waals surface area contributed by atoms with Crippen LogP contribution in [0.3, 0.4) is 0 Å². The number of aliphatic hydroxyl groups is 1. The first kappa shape index (κ1) is 29.4. The Balaban J connectivity index is 1.65. The Morgan fingerprint density at radius 3 is 2.46 bits per heavy atom. The quantitative estimate of drug-likeness (QED) is 0.279. The lowest BCUT2D eigenvalue weighted by atomic mass is 9.93. The second-order valence-electron chi connectivity index (χ2n) is 12.1. The average molecular weight is 527 g/mol. The minimum Gasteiger partial charge on any atom is -0.508 e. The maximum absolute atomic E-state index is 12.3. The molecule has 0 unspecified atom stereocenters. The van der Waals surface area contributed by atoms with Crippen LogP contribution in [0.4, 0.5) is 0 Å². The number of carbonyl (C=O) groups excluding carboxylic acids is 1. The highest BCUT2D eigenvalue weighted by molar-refractivity contribution is 6.74. The van der Waals surface area contributed by atoms with Gasteiger partial charge in [-0.2, -0.15) is 0 Å². The standard InChI is InChI=1S/C30H46N2O4Si/c1-21(15-22-9-7-10-23(16-22)17-29(35)32-26-11-8-12-26)31-19-28(36-37(5,6)30(2,3)4)24-13-14-27(34)25(18-24)20-33/h7,9-10,13-14,16,18,21,26,28,31,33-34H,8,11-12,15,17,19-20H2,1-6H3,(H,32,35)/t21-,28-/m1/s1. The number of hydrogen-bond donors (Lipinski definition) is 4. The molecule has 7 heteroatoms. The van der Waals surface area contributed by atoms with E-state index in [2.05, 4.69) is 63.6 Å². The Labute approximate surface area is 224 Å². The number of benzene rings is 2. The van der Waals surface area contributed by atoms with E-state index in [-0.39, 0.29) is 35.4 Å². The van der Waals surface area contributed by atoms with Crippen LogP contribution in [0.1, 0.15) is 75.3 Å². The van der Waals surface area contributed by atoms with E-state index in [4.69, 9.17) is 4.43 Å². The van der Waals surface area contributed by atoms with Crippen molar-refractivity contribution < 1.29 is 19.4 Å². The van der Waals surface area contributed by atoms with Gasteiger partial charge in [-0.3, -0.25) is 4.79 Å². The fourth-order valence-electron chi connectivity index (χ4n) is 4.31. The molecule has 6 nitrogen and oxygen atoms in total. The van der Waals surface area contributed by atoms with Gasteiger partial charge < -0.3 is 25.3 Å². The van der Waals surface area contributed by atoms with Gasteiger partial charge in [-0.15, -0.1) is 0 Å². The topological polar surface area (TPSA) is 90.8 Å². The second kappa shape index (κ2) is 12.6. The third-order valence-corrected chi connectivity index (χ3v) is 12.4. The molecular weight excluding hydrogens is 480 g/mol. The molecule has 1 fully saturated rings. The van der Waals surface area contributed by atoms with Gasteiger partial charge in [0.25, 0.3) is 0 Å². The number of nitrogens with one attached hydrogen (secondary N) is 2. The molecular formula is C30H46N2O4Si. The molecule has 2 aromatic rings. The predicted molar refractivity (Wildman–Crippen MR) is 152 cm³/mol. The fourth-order valence-corrected chi connectivity index (χ4v) is 5.59. The van der Waals surface area contributed by atoms with Crippen LogP contribution < -0.4 is 10.6 Å². The molecule has 0 aromatic heterocycles. The Kier molecular flexibility index (Phi) is 9.97. The van der Waals surface area contributed by atoms with Gasteiger partial charge in [0.2, 0.25) is 5.91 Å². The number of phenols is 1. The van der Waals surface area contributed by atoms with Crippen LogP contribution in [-0.4, -0.2) is 43.1 Å². The highest BCUT2D eigenvalue weighted by atomic mass is 28.4. The lowest BCUT2D eigenvalue weighted by Crippen LogP contribution is -2.44. The molecule has 0 radical (unpaired) electrons. The summed E-state index contributed by atoms with van der Waals surface area (Å²) in [6.45, 7) is 13.7. The number of hydrogen-bond acceptors (Lipinski definition) is 5. The molecule has 0 saturated heterocycles. The van der Waals surface area contributed by atoms with E-state index in [9.17, 15) is 15.0 Å². The molecule has 2 aromatic carbocycles. The summed E-state index contributed by atoms with van der Waals surface area (Å²) in [5.74, 6) is 0.203. The van der Waals surface area contributed by atoms with Crippen LogP contribution in [0, 0.1) is 0 Å². The fraction of sp³-hybridized carbons (Fsp3) is 0.567. The molecule has 1 aliphatic carbocycles. The van der Waals surface area contributed by atoms with Gasteiger partial charge in [-0.1, -0.05) is 51.1 Å². The van der Waals surface area contributed by atoms with Crippen LogP contribution in [0.5, 0.6) is 5.75 Å². The summed E-state index contributed by atoms with van der Waals surface area (Å²) in [5, 5.41) is 26.6. The van der Waals surface area contributed by atoms with Crippen molar-refractivity contribution in [2.24, 2.45) is 0 Å². The van der Waals surface area contributed by atoms with Crippen molar-refractivity contribution in [1.29, 1.82) is 0 Å². The maximum Gasteiger partial charge on any atom is 0.224 e. The smallest absolute Gasteiger partial charge is 0.224 e. The zero-order valence-electron chi connectivity index (χ0n) is 23.4. The van der Waals surface area contributed by atoms with Gasteiger partial charge in [0, 0.05) is 24.2 Å². The first-order valence-electron chi connectivity index (χ1n) is 13.6. The molecule has 2 atom stereocenters. The third-order valence-electron chi connectivity index (χ3n) is 7.91. The summed E-state index contributed by atoms with van der Waals surface area (Å²) < 4.78 is 6.81. The normalized spacial score (nSPS) is 16.2. The van der Waals surface area contributed by atoms with Gasteiger partial charge in [0.05, 0.1) is 19.1 Å². The van der Waals surface area contributed by atoms with E-state index in [0.29, 0.717) is 24.6 Å². The number of carbonyl (C=O) groups is 1. The lowest BCUT2D eigenvalue weighted by molar-refractivity contribution is -0.121. The number of amides is 1. The van der Waals surface area contributed by atoms with Crippen LogP contribution in [-0.2, 0) is 28.7 Å². The molecule has 1 amide bonds. The average Bonchev–Trinajstić information content (AvgIpc) is 2.79. The molecule has 1 aliphatic rings. The van der Waals surface area contributed by atoms with Crippen molar-refractivity contribution in [2.75, 3.05) is 6.54 Å². The van der Waals surface area contributed by atoms with Gasteiger partial charge in [0.15, 0.2) is 8.32 Å². The van der Waals surface area contributed by atoms with E-state index in [1.807, 2.05) is 24.3 Å². The molecule has 0 heterocycles. The van der Waals surface area contributed by atoms with Crippen LogP contribution in [0.2, 0.25) is 18.1 Å². The Morgan fingerprint density at radius 1 is 1.14 bits per heavy atom. The number of aliphatic hydroxyl groups excluding tert-OH is 1. The molecule has 0 spiro atoms. The molecule has 0 bridgehead atoms. The van der Waals surface area contributed by atoms with E-state index in [1.165, 1.54) is 12.0 Å². The monoisotopic (exact) mass is 526 g/mol. The van der Waals surface area contributed by atoms with Crippen molar-refractivity contribution in [3.05, 3.63) is 64.7 Å². The second-order valence-corrected chi connectivity index (χ2v) is 16.9. The molecule has 204 valence electrons. The van der Waals surface area contributed by atoms with Gasteiger partial charge in [0.1, 0.15) is 5.75 Å².